The molecule has 144 valence electrons. The van der Waals surface area contributed by atoms with Gasteiger partial charge >= 0.3 is 0 Å². The van der Waals surface area contributed by atoms with Crippen molar-refractivity contribution in [2.75, 3.05) is 13.1 Å². The fourth-order valence-corrected chi connectivity index (χ4v) is 3.70. The summed E-state index contributed by atoms with van der Waals surface area (Å²) in [6, 6.07) is 14.1. The normalized spacial score (nSPS) is 16.1. The molecule has 0 bridgehead atoms. The summed E-state index contributed by atoms with van der Waals surface area (Å²) in [5, 5.41) is 3.16. The summed E-state index contributed by atoms with van der Waals surface area (Å²) in [4.78, 5) is 26.3. The van der Waals surface area contributed by atoms with Gasteiger partial charge in [-0.3, -0.25) is 9.59 Å². The molecule has 3 rings (SSSR count). The molecule has 2 aromatic rings. The van der Waals surface area contributed by atoms with Gasteiger partial charge in [0, 0.05) is 37.9 Å². The van der Waals surface area contributed by atoms with Crippen LogP contribution in [0.15, 0.2) is 53.1 Å². The first-order valence-electron chi connectivity index (χ1n) is 9.80. The number of nitrogens with one attached hydrogen (secondary N) is 1. The van der Waals surface area contributed by atoms with Crippen LogP contribution in [0.3, 0.4) is 0 Å². The highest BCUT2D eigenvalue weighted by Gasteiger charge is 2.25. The molecule has 0 saturated carbocycles. The van der Waals surface area contributed by atoms with E-state index in [9.17, 15) is 9.59 Å². The minimum absolute atomic E-state index is 0.0177. The van der Waals surface area contributed by atoms with E-state index in [-0.39, 0.29) is 23.8 Å². The summed E-state index contributed by atoms with van der Waals surface area (Å²) >= 11 is 0. The average Bonchev–Trinajstić information content (AvgIpc) is 3.23. The van der Waals surface area contributed by atoms with E-state index in [0.29, 0.717) is 12.8 Å². The minimum Gasteiger partial charge on any atom is -0.469 e. The summed E-state index contributed by atoms with van der Waals surface area (Å²) < 4.78 is 5.59. The monoisotopic (exact) mass is 368 g/mol. The number of hydrogen-bond acceptors (Lipinski definition) is 3. The van der Waals surface area contributed by atoms with Crippen molar-refractivity contribution in [3.05, 3.63) is 60.1 Å². The van der Waals surface area contributed by atoms with Gasteiger partial charge in [0.2, 0.25) is 11.8 Å². The molecule has 1 aliphatic heterocycles. The van der Waals surface area contributed by atoms with Gasteiger partial charge in [0.25, 0.3) is 0 Å². The van der Waals surface area contributed by atoms with E-state index in [1.54, 1.807) is 6.26 Å². The number of carbonyl (C=O) groups is 2. The molecule has 1 fully saturated rings. The van der Waals surface area contributed by atoms with Crippen LogP contribution in [0.5, 0.6) is 0 Å². The number of benzene rings is 1. The smallest absolute Gasteiger partial charge is 0.222 e. The van der Waals surface area contributed by atoms with Crippen LogP contribution < -0.4 is 5.32 Å². The fourth-order valence-electron chi connectivity index (χ4n) is 3.70. The van der Waals surface area contributed by atoms with Crippen molar-refractivity contribution in [1.29, 1.82) is 0 Å². The first-order chi connectivity index (χ1) is 13.2. The van der Waals surface area contributed by atoms with E-state index in [1.165, 1.54) is 5.56 Å². The van der Waals surface area contributed by atoms with Crippen molar-refractivity contribution in [2.24, 2.45) is 0 Å². The predicted octanol–water partition coefficient (Wildman–Crippen LogP) is 3.51. The van der Waals surface area contributed by atoms with Crippen LogP contribution in [0.1, 0.15) is 49.8 Å². The van der Waals surface area contributed by atoms with Gasteiger partial charge in [-0.2, -0.15) is 0 Å². The standard InChI is InChI=1S/C22H28N2O3/c1-2-22(26)24-12-10-19(11-13-24)23-21(25)16-18(20-9-6-14-27-20)15-17-7-4-3-5-8-17/h3-9,14,18-19H,2,10-13,15-16H2,1H3,(H,23,25). The Balaban J connectivity index is 1.55. The van der Waals surface area contributed by atoms with E-state index in [4.69, 9.17) is 4.42 Å². The topological polar surface area (TPSA) is 62.6 Å². The highest BCUT2D eigenvalue weighted by Crippen LogP contribution is 2.25. The maximum atomic E-state index is 12.6. The Morgan fingerprint density at radius 2 is 1.89 bits per heavy atom. The molecule has 1 saturated heterocycles. The molecule has 1 aromatic carbocycles. The van der Waals surface area contributed by atoms with Gasteiger partial charge in [-0.1, -0.05) is 37.3 Å². The SMILES string of the molecule is CCC(=O)N1CCC(NC(=O)CC(Cc2ccccc2)c2ccco2)CC1. The van der Waals surface area contributed by atoms with Gasteiger partial charge in [0.1, 0.15) is 5.76 Å². The van der Waals surface area contributed by atoms with Crippen LogP contribution in [-0.2, 0) is 16.0 Å². The Morgan fingerprint density at radius 3 is 2.52 bits per heavy atom. The van der Waals surface area contributed by atoms with Crippen molar-refractivity contribution in [2.45, 2.75) is 51.0 Å². The highest BCUT2D eigenvalue weighted by molar-refractivity contribution is 5.77. The average molecular weight is 368 g/mol. The number of furan rings is 1. The fraction of sp³-hybridized carbons (Fsp3) is 0.455. The molecule has 2 amide bonds. The Hall–Kier alpha value is -2.56. The van der Waals surface area contributed by atoms with Gasteiger partial charge < -0.3 is 14.6 Å². The molecule has 0 spiro atoms. The Morgan fingerprint density at radius 1 is 1.15 bits per heavy atom. The number of rotatable bonds is 7. The van der Waals surface area contributed by atoms with Crippen molar-refractivity contribution in [3.8, 4) is 0 Å². The number of hydrogen-bond donors (Lipinski definition) is 1. The van der Waals surface area contributed by atoms with Gasteiger partial charge in [-0.25, -0.2) is 0 Å². The van der Waals surface area contributed by atoms with Gasteiger partial charge in [0.15, 0.2) is 0 Å². The molecule has 5 heteroatoms. The third kappa shape index (κ3) is 5.46. The number of carbonyl (C=O) groups excluding carboxylic acids is 2. The van der Waals surface area contributed by atoms with Crippen LogP contribution in [0.25, 0.3) is 0 Å². The lowest BCUT2D eigenvalue weighted by Crippen LogP contribution is -2.46. The maximum absolute atomic E-state index is 12.6. The summed E-state index contributed by atoms with van der Waals surface area (Å²) in [6.07, 6.45) is 5.01. The predicted molar refractivity (Wildman–Crippen MR) is 104 cm³/mol. The molecule has 0 aliphatic carbocycles. The largest absolute Gasteiger partial charge is 0.469 e. The van der Waals surface area contributed by atoms with Gasteiger partial charge in [0.05, 0.1) is 6.26 Å². The second-order valence-electron chi connectivity index (χ2n) is 7.18. The van der Waals surface area contributed by atoms with E-state index in [2.05, 4.69) is 17.4 Å². The van der Waals surface area contributed by atoms with E-state index in [1.807, 2.05) is 42.2 Å². The first kappa shape index (κ1) is 19.2. The van der Waals surface area contributed by atoms with Crippen molar-refractivity contribution in [3.63, 3.8) is 0 Å². The lowest BCUT2D eigenvalue weighted by atomic mass is 9.93. The molecule has 1 aliphatic rings. The molecule has 1 atom stereocenters. The zero-order chi connectivity index (χ0) is 19.1. The molecule has 1 aromatic heterocycles. The highest BCUT2D eigenvalue weighted by atomic mass is 16.3. The van der Waals surface area contributed by atoms with Gasteiger partial charge in [-0.15, -0.1) is 0 Å². The lowest BCUT2D eigenvalue weighted by molar-refractivity contribution is -0.132. The zero-order valence-corrected chi connectivity index (χ0v) is 15.9. The third-order valence-corrected chi connectivity index (χ3v) is 5.22. The number of piperidine rings is 1. The third-order valence-electron chi connectivity index (χ3n) is 5.22. The summed E-state index contributed by atoms with van der Waals surface area (Å²) in [7, 11) is 0. The Kier molecular flexibility index (Phi) is 6.69. The second kappa shape index (κ2) is 9.40. The molecule has 1 N–H and O–H groups in total. The van der Waals surface area contributed by atoms with Crippen LogP contribution in [0.4, 0.5) is 0 Å². The lowest BCUT2D eigenvalue weighted by Gasteiger charge is -2.32. The van der Waals surface area contributed by atoms with Gasteiger partial charge in [-0.05, 0) is 37.0 Å². The number of likely N-dealkylation sites (tertiary alicyclic amines) is 1. The van der Waals surface area contributed by atoms with Crippen LogP contribution >= 0.6 is 0 Å². The molecular formula is C22H28N2O3. The van der Waals surface area contributed by atoms with Crippen LogP contribution in [-0.4, -0.2) is 35.8 Å². The summed E-state index contributed by atoms with van der Waals surface area (Å²) in [5.41, 5.74) is 1.19. The van der Waals surface area contributed by atoms with E-state index >= 15 is 0 Å². The number of amides is 2. The molecule has 27 heavy (non-hydrogen) atoms. The van der Waals surface area contributed by atoms with Crippen LogP contribution in [0.2, 0.25) is 0 Å². The second-order valence-corrected chi connectivity index (χ2v) is 7.18. The Labute approximate surface area is 160 Å². The van der Waals surface area contributed by atoms with Crippen LogP contribution in [0, 0.1) is 0 Å². The molecule has 2 heterocycles. The van der Waals surface area contributed by atoms with E-state index < -0.39 is 0 Å². The van der Waals surface area contributed by atoms with E-state index in [0.717, 1.165) is 38.1 Å². The van der Waals surface area contributed by atoms with Crippen molar-refractivity contribution in [1.82, 2.24) is 10.2 Å². The quantitative estimate of drug-likeness (QED) is 0.813. The van der Waals surface area contributed by atoms with Crippen molar-refractivity contribution >= 4 is 11.8 Å². The first-order valence-corrected chi connectivity index (χ1v) is 9.80. The summed E-state index contributed by atoms with van der Waals surface area (Å²) in [5.74, 6) is 1.11. The summed E-state index contributed by atoms with van der Waals surface area (Å²) in [6.45, 7) is 3.34. The molecule has 0 radical (unpaired) electrons. The molecule has 5 nitrogen and oxygen atoms in total. The molecular weight excluding hydrogens is 340 g/mol. The van der Waals surface area contributed by atoms with Crippen molar-refractivity contribution < 1.29 is 14.0 Å². The molecule has 1 unspecified atom stereocenters. The minimum atomic E-state index is 0.0177. The maximum Gasteiger partial charge on any atom is 0.222 e. The Bertz CT molecular complexity index is 719. The zero-order valence-electron chi connectivity index (χ0n) is 15.9. The number of nitrogens with zero attached hydrogens (tertiary/aromatic N) is 1.